The van der Waals surface area contributed by atoms with Crippen LogP contribution in [0.15, 0.2) is 30.3 Å². The summed E-state index contributed by atoms with van der Waals surface area (Å²) in [5, 5.41) is 20.1. The molecule has 0 bridgehead atoms. The Bertz CT molecular complexity index is 304. The molecule has 0 spiro atoms. The van der Waals surface area contributed by atoms with Gasteiger partial charge in [-0.25, -0.2) is 0 Å². The first-order valence-electron chi connectivity index (χ1n) is 6.56. The number of aliphatic hydroxyl groups excluding tert-OH is 1. The molecule has 1 unspecified atom stereocenters. The summed E-state index contributed by atoms with van der Waals surface area (Å²) in [6, 6.07) is 10.3. The Morgan fingerprint density at radius 1 is 1.12 bits per heavy atom. The molecule has 1 aromatic rings. The highest BCUT2D eigenvalue weighted by Crippen LogP contribution is 2.23. The Morgan fingerprint density at radius 3 is 2.24 bits per heavy atom. The second-order valence-electron chi connectivity index (χ2n) is 4.70. The minimum Gasteiger partial charge on any atom is -0.390 e. The molecule has 1 rings (SSSR count). The third-order valence-corrected chi connectivity index (χ3v) is 3.63. The minimum atomic E-state index is -0.906. The number of aliphatic hydroxyl groups is 2. The van der Waals surface area contributed by atoms with Crippen LogP contribution in [0.3, 0.4) is 0 Å². The van der Waals surface area contributed by atoms with E-state index in [1.165, 1.54) is 5.56 Å². The van der Waals surface area contributed by atoms with Crippen LogP contribution < -0.4 is 0 Å². The highest BCUT2D eigenvalue weighted by atomic mass is 16.3. The van der Waals surface area contributed by atoms with Crippen molar-refractivity contribution in [3.05, 3.63) is 35.9 Å². The molecule has 0 aliphatic rings. The lowest BCUT2D eigenvalue weighted by Crippen LogP contribution is -2.41. The molecule has 2 nitrogen and oxygen atoms in total. The molecule has 0 fully saturated rings. The van der Waals surface area contributed by atoms with Crippen molar-refractivity contribution in [1.82, 2.24) is 0 Å². The van der Waals surface area contributed by atoms with Gasteiger partial charge in [0, 0.05) is 0 Å². The minimum absolute atomic E-state index is 0.607. The second-order valence-corrected chi connectivity index (χ2v) is 4.70. The van der Waals surface area contributed by atoms with Gasteiger partial charge in [0.05, 0.1) is 11.7 Å². The maximum Gasteiger partial charge on any atom is 0.0900 e. The summed E-state index contributed by atoms with van der Waals surface area (Å²) in [7, 11) is 0. The van der Waals surface area contributed by atoms with Crippen molar-refractivity contribution >= 4 is 0 Å². The first kappa shape index (κ1) is 14.2. The highest BCUT2D eigenvalue weighted by molar-refractivity contribution is 5.14. The SMILES string of the molecule is CCC(O)(CC)C(O)CCCc1ccccc1. The molecule has 96 valence electrons. The molecule has 17 heavy (non-hydrogen) atoms. The Balaban J connectivity index is 2.36. The van der Waals surface area contributed by atoms with Crippen LogP contribution >= 0.6 is 0 Å². The molecule has 2 N–H and O–H groups in total. The van der Waals surface area contributed by atoms with Gasteiger partial charge in [-0.1, -0.05) is 44.2 Å². The fraction of sp³-hybridized carbons (Fsp3) is 0.600. The monoisotopic (exact) mass is 236 g/mol. The Labute approximate surface area is 104 Å². The predicted octanol–water partition coefficient (Wildman–Crippen LogP) is 2.92. The zero-order chi connectivity index (χ0) is 12.7. The van der Waals surface area contributed by atoms with Gasteiger partial charge in [0.2, 0.25) is 0 Å². The van der Waals surface area contributed by atoms with Gasteiger partial charge in [0.15, 0.2) is 0 Å². The van der Waals surface area contributed by atoms with E-state index in [1.54, 1.807) is 0 Å². The van der Waals surface area contributed by atoms with Crippen molar-refractivity contribution in [2.45, 2.75) is 57.7 Å². The smallest absolute Gasteiger partial charge is 0.0900 e. The lowest BCUT2D eigenvalue weighted by molar-refractivity contribution is -0.0832. The average molecular weight is 236 g/mol. The lowest BCUT2D eigenvalue weighted by atomic mass is 9.87. The van der Waals surface area contributed by atoms with Crippen LogP contribution in [0.4, 0.5) is 0 Å². The summed E-state index contributed by atoms with van der Waals surface area (Å²) < 4.78 is 0. The molecule has 1 aromatic carbocycles. The van der Waals surface area contributed by atoms with Crippen molar-refractivity contribution in [1.29, 1.82) is 0 Å². The summed E-state index contributed by atoms with van der Waals surface area (Å²) in [6.45, 7) is 3.84. The van der Waals surface area contributed by atoms with E-state index in [9.17, 15) is 10.2 Å². The van der Waals surface area contributed by atoms with E-state index in [0.29, 0.717) is 19.3 Å². The second kappa shape index (κ2) is 6.77. The largest absolute Gasteiger partial charge is 0.390 e. The normalized spacial score (nSPS) is 13.6. The van der Waals surface area contributed by atoms with Gasteiger partial charge < -0.3 is 10.2 Å². The maximum atomic E-state index is 10.1. The summed E-state index contributed by atoms with van der Waals surface area (Å²) in [5.74, 6) is 0. The van der Waals surface area contributed by atoms with E-state index in [-0.39, 0.29) is 0 Å². The van der Waals surface area contributed by atoms with Gasteiger partial charge in [-0.05, 0) is 37.7 Å². The predicted molar refractivity (Wildman–Crippen MR) is 70.9 cm³/mol. The van der Waals surface area contributed by atoms with Crippen LogP contribution in [-0.2, 0) is 6.42 Å². The Hall–Kier alpha value is -0.860. The van der Waals surface area contributed by atoms with Crippen LogP contribution in [0.5, 0.6) is 0 Å². The van der Waals surface area contributed by atoms with Gasteiger partial charge in [0.25, 0.3) is 0 Å². The van der Waals surface area contributed by atoms with Crippen molar-refractivity contribution < 1.29 is 10.2 Å². The van der Waals surface area contributed by atoms with Crippen LogP contribution in [0.25, 0.3) is 0 Å². The zero-order valence-electron chi connectivity index (χ0n) is 10.9. The Morgan fingerprint density at radius 2 is 1.71 bits per heavy atom. The van der Waals surface area contributed by atoms with E-state index >= 15 is 0 Å². The third-order valence-electron chi connectivity index (χ3n) is 3.63. The molecule has 0 saturated heterocycles. The van der Waals surface area contributed by atoms with E-state index < -0.39 is 11.7 Å². The first-order valence-corrected chi connectivity index (χ1v) is 6.56. The highest BCUT2D eigenvalue weighted by Gasteiger charge is 2.30. The lowest BCUT2D eigenvalue weighted by Gasteiger charge is -2.31. The summed E-state index contributed by atoms with van der Waals surface area (Å²) >= 11 is 0. The number of hydrogen-bond donors (Lipinski definition) is 2. The van der Waals surface area contributed by atoms with Crippen LogP contribution in [0.1, 0.15) is 45.1 Å². The molecule has 0 radical (unpaired) electrons. The summed E-state index contributed by atoms with van der Waals surface area (Å²) in [4.78, 5) is 0. The van der Waals surface area contributed by atoms with Crippen LogP contribution in [-0.4, -0.2) is 21.9 Å². The average Bonchev–Trinajstić information content (AvgIpc) is 2.39. The van der Waals surface area contributed by atoms with Gasteiger partial charge in [-0.3, -0.25) is 0 Å². The quantitative estimate of drug-likeness (QED) is 0.764. The van der Waals surface area contributed by atoms with Crippen molar-refractivity contribution in [3.63, 3.8) is 0 Å². The molecule has 0 aliphatic carbocycles. The summed E-state index contributed by atoms with van der Waals surface area (Å²) in [6.07, 6.45) is 3.13. The number of rotatable bonds is 7. The third kappa shape index (κ3) is 4.14. The van der Waals surface area contributed by atoms with Crippen molar-refractivity contribution in [3.8, 4) is 0 Å². The fourth-order valence-corrected chi connectivity index (χ4v) is 2.13. The number of hydrogen-bond acceptors (Lipinski definition) is 2. The topological polar surface area (TPSA) is 40.5 Å². The van der Waals surface area contributed by atoms with Gasteiger partial charge in [0.1, 0.15) is 0 Å². The fourth-order valence-electron chi connectivity index (χ4n) is 2.13. The first-order chi connectivity index (χ1) is 8.12. The molecule has 0 aromatic heterocycles. The summed E-state index contributed by atoms with van der Waals surface area (Å²) in [5.41, 5.74) is 0.382. The van der Waals surface area contributed by atoms with E-state index in [0.717, 1.165) is 12.8 Å². The van der Waals surface area contributed by atoms with E-state index in [2.05, 4.69) is 12.1 Å². The zero-order valence-corrected chi connectivity index (χ0v) is 10.9. The van der Waals surface area contributed by atoms with Gasteiger partial charge in [-0.15, -0.1) is 0 Å². The molecule has 0 aliphatic heterocycles. The van der Waals surface area contributed by atoms with E-state index in [1.807, 2.05) is 32.0 Å². The van der Waals surface area contributed by atoms with E-state index in [4.69, 9.17) is 0 Å². The Kier molecular flexibility index (Phi) is 5.66. The van der Waals surface area contributed by atoms with Crippen LogP contribution in [0, 0.1) is 0 Å². The van der Waals surface area contributed by atoms with Crippen LogP contribution in [0.2, 0.25) is 0 Å². The number of aryl methyl sites for hydroxylation is 1. The maximum absolute atomic E-state index is 10.1. The van der Waals surface area contributed by atoms with Crippen molar-refractivity contribution in [2.24, 2.45) is 0 Å². The molecular weight excluding hydrogens is 212 g/mol. The molecule has 0 heterocycles. The molecule has 1 atom stereocenters. The van der Waals surface area contributed by atoms with Gasteiger partial charge >= 0.3 is 0 Å². The molecule has 2 heteroatoms. The van der Waals surface area contributed by atoms with Gasteiger partial charge in [-0.2, -0.15) is 0 Å². The van der Waals surface area contributed by atoms with Crippen molar-refractivity contribution in [2.75, 3.05) is 0 Å². The molecule has 0 amide bonds. The standard InChI is InChI=1S/C15H24O2/c1-3-15(17,4-2)14(16)12-8-11-13-9-6-5-7-10-13/h5-7,9-10,14,16-17H,3-4,8,11-12H2,1-2H3. The number of benzene rings is 1. The molecule has 0 saturated carbocycles. The molecular formula is C15H24O2.